The van der Waals surface area contributed by atoms with Crippen LogP contribution in [0.15, 0.2) is 47.4 Å². The van der Waals surface area contributed by atoms with E-state index in [4.69, 9.17) is 0 Å². The van der Waals surface area contributed by atoms with E-state index in [1.165, 1.54) is 31.2 Å². The highest BCUT2D eigenvalue weighted by Crippen LogP contribution is 2.29. The number of carbonyl (C=O) groups is 1. The maximum absolute atomic E-state index is 12.8. The zero-order valence-corrected chi connectivity index (χ0v) is 20.2. The van der Waals surface area contributed by atoms with Crippen LogP contribution < -0.4 is 10.2 Å². The lowest BCUT2D eigenvalue weighted by Gasteiger charge is -2.21. The molecule has 9 heteroatoms. The summed E-state index contributed by atoms with van der Waals surface area (Å²) in [6, 6.07) is 12.9. The average molecular weight is 470 g/mol. The quantitative estimate of drug-likeness (QED) is 0.546. The number of fused-ring (bicyclic) bond motifs is 1. The van der Waals surface area contributed by atoms with Crippen LogP contribution in [0.25, 0.3) is 11.0 Å². The molecule has 0 spiro atoms. The molecule has 1 aromatic heterocycles. The minimum Gasteiger partial charge on any atom is -0.370 e. The summed E-state index contributed by atoms with van der Waals surface area (Å²) in [5.41, 5.74) is 3.39. The highest BCUT2D eigenvalue weighted by Gasteiger charge is 2.20. The van der Waals surface area contributed by atoms with Gasteiger partial charge in [0.2, 0.25) is 15.9 Å². The van der Waals surface area contributed by atoms with Crippen molar-refractivity contribution < 1.29 is 13.2 Å². The largest absolute Gasteiger partial charge is 0.370 e. The van der Waals surface area contributed by atoms with Crippen LogP contribution in [0.1, 0.15) is 32.0 Å². The zero-order chi connectivity index (χ0) is 23.6. The molecule has 8 nitrogen and oxygen atoms in total. The van der Waals surface area contributed by atoms with Crippen LogP contribution in [-0.4, -0.2) is 55.4 Å². The van der Waals surface area contributed by atoms with Crippen LogP contribution in [-0.2, 0) is 27.8 Å². The number of nitrogens with one attached hydrogen (secondary N) is 1. The lowest BCUT2D eigenvalue weighted by molar-refractivity contribution is -0.116. The Morgan fingerprint density at radius 3 is 2.55 bits per heavy atom. The normalized spacial score (nSPS) is 14.4. The number of imidazole rings is 1. The highest BCUT2D eigenvalue weighted by atomic mass is 32.2. The minimum atomic E-state index is -3.53. The van der Waals surface area contributed by atoms with Crippen LogP contribution in [0.2, 0.25) is 0 Å². The van der Waals surface area contributed by atoms with E-state index in [-0.39, 0.29) is 10.8 Å². The number of aromatic nitrogens is 2. The summed E-state index contributed by atoms with van der Waals surface area (Å²) in [4.78, 5) is 20.0. The third-order valence-electron chi connectivity index (χ3n) is 6.09. The molecule has 0 bridgehead atoms. The number of rotatable bonds is 8. The van der Waals surface area contributed by atoms with Crippen molar-refractivity contribution >= 4 is 38.3 Å². The van der Waals surface area contributed by atoms with Crippen LogP contribution in [0.4, 0.5) is 11.4 Å². The Morgan fingerprint density at radius 2 is 1.85 bits per heavy atom. The molecule has 0 unspecified atom stereocenters. The molecule has 0 atom stereocenters. The van der Waals surface area contributed by atoms with Crippen molar-refractivity contribution in [2.45, 2.75) is 44.0 Å². The van der Waals surface area contributed by atoms with Crippen LogP contribution in [0, 0.1) is 0 Å². The maximum atomic E-state index is 12.8. The minimum absolute atomic E-state index is 0.0627. The van der Waals surface area contributed by atoms with E-state index in [9.17, 15) is 13.2 Å². The van der Waals surface area contributed by atoms with Gasteiger partial charge in [0, 0.05) is 46.6 Å². The molecule has 3 aromatic rings. The molecule has 1 aliphatic heterocycles. The van der Waals surface area contributed by atoms with Gasteiger partial charge in [0.1, 0.15) is 5.82 Å². The van der Waals surface area contributed by atoms with E-state index in [1.54, 1.807) is 18.2 Å². The second-order valence-corrected chi connectivity index (χ2v) is 10.6. The molecule has 1 amide bonds. The Bertz CT molecular complexity index is 1260. The SMILES string of the molecule is CCn1c(CCC(=O)Nc2ccccc2N2CCCC2)nc2cc(S(=O)(=O)N(C)C)ccc21. The molecule has 33 heavy (non-hydrogen) atoms. The van der Waals surface area contributed by atoms with E-state index in [1.807, 2.05) is 29.7 Å². The molecule has 4 rings (SSSR count). The molecule has 1 aliphatic rings. The van der Waals surface area contributed by atoms with Crippen molar-refractivity contribution in [1.29, 1.82) is 0 Å². The topological polar surface area (TPSA) is 87.5 Å². The number of sulfonamides is 1. The first-order valence-electron chi connectivity index (χ1n) is 11.4. The second kappa shape index (κ2) is 9.52. The van der Waals surface area contributed by atoms with Gasteiger partial charge in [0.25, 0.3) is 0 Å². The van der Waals surface area contributed by atoms with E-state index < -0.39 is 10.0 Å². The molecule has 1 saturated heterocycles. The number of anilines is 2. The number of hydrogen-bond donors (Lipinski definition) is 1. The fraction of sp³-hybridized carbons (Fsp3) is 0.417. The molecule has 176 valence electrons. The molecule has 0 radical (unpaired) electrons. The first kappa shape index (κ1) is 23.3. The number of amides is 1. The van der Waals surface area contributed by atoms with Gasteiger partial charge in [-0.25, -0.2) is 17.7 Å². The van der Waals surface area contributed by atoms with Gasteiger partial charge >= 0.3 is 0 Å². The average Bonchev–Trinajstić information content (AvgIpc) is 3.45. The summed E-state index contributed by atoms with van der Waals surface area (Å²) in [6.07, 6.45) is 3.11. The Morgan fingerprint density at radius 1 is 1.12 bits per heavy atom. The van der Waals surface area contributed by atoms with Gasteiger partial charge in [-0.05, 0) is 50.1 Å². The molecule has 2 aromatic carbocycles. The molecule has 1 N–H and O–H groups in total. The molecule has 2 heterocycles. The summed E-state index contributed by atoms with van der Waals surface area (Å²) < 4.78 is 28.2. The van der Waals surface area contributed by atoms with Crippen molar-refractivity contribution in [2.24, 2.45) is 0 Å². The van der Waals surface area contributed by atoms with Gasteiger partial charge < -0.3 is 14.8 Å². The smallest absolute Gasteiger partial charge is 0.242 e. The standard InChI is InChI=1S/C24H31N5O3S/c1-4-29-22-12-11-18(33(31,32)27(2)3)17-20(22)25-23(29)13-14-24(30)26-19-9-5-6-10-21(19)28-15-7-8-16-28/h5-6,9-12,17H,4,7-8,13-16H2,1-3H3,(H,26,30). The van der Waals surface area contributed by atoms with Crippen molar-refractivity contribution in [1.82, 2.24) is 13.9 Å². The lowest BCUT2D eigenvalue weighted by Crippen LogP contribution is -2.22. The van der Waals surface area contributed by atoms with E-state index in [0.717, 1.165) is 35.8 Å². The third kappa shape index (κ3) is 4.74. The summed E-state index contributed by atoms with van der Waals surface area (Å²) in [6.45, 7) is 4.73. The van der Waals surface area contributed by atoms with Gasteiger partial charge in [-0.15, -0.1) is 0 Å². The summed E-state index contributed by atoms with van der Waals surface area (Å²) in [7, 11) is -0.514. The van der Waals surface area contributed by atoms with Crippen molar-refractivity contribution in [3.63, 3.8) is 0 Å². The van der Waals surface area contributed by atoms with Crippen molar-refractivity contribution in [3.8, 4) is 0 Å². The molecule has 0 aliphatic carbocycles. The van der Waals surface area contributed by atoms with Crippen LogP contribution >= 0.6 is 0 Å². The number of nitrogens with zero attached hydrogens (tertiary/aromatic N) is 4. The van der Waals surface area contributed by atoms with Crippen molar-refractivity contribution in [2.75, 3.05) is 37.4 Å². The monoisotopic (exact) mass is 469 g/mol. The lowest BCUT2D eigenvalue weighted by atomic mass is 10.2. The molecule has 0 saturated carbocycles. The first-order valence-corrected chi connectivity index (χ1v) is 12.8. The Kier molecular flexibility index (Phi) is 6.71. The van der Waals surface area contributed by atoms with Gasteiger partial charge in [0.15, 0.2) is 0 Å². The molecular weight excluding hydrogens is 438 g/mol. The number of aryl methyl sites for hydroxylation is 2. The Hall–Kier alpha value is -2.91. The summed E-state index contributed by atoms with van der Waals surface area (Å²) in [5.74, 6) is 0.710. The summed E-state index contributed by atoms with van der Waals surface area (Å²) in [5, 5.41) is 3.07. The Balaban J connectivity index is 1.51. The van der Waals surface area contributed by atoms with E-state index in [2.05, 4.69) is 21.3 Å². The van der Waals surface area contributed by atoms with E-state index >= 15 is 0 Å². The fourth-order valence-corrected chi connectivity index (χ4v) is 5.25. The van der Waals surface area contributed by atoms with E-state index in [0.29, 0.717) is 24.9 Å². The third-order valence-corrected chi connectivity index (χ3v) is 7.91. The number of carbonyl (C=O) groups excluding carboxylic acids is 1. The molecular formula is C24H31N5O3S. The van der Waals surface area contributed by atoms with Crippen molar-refractivity contribution in [3.05, 3.63) is 48.3 Å². The molecule has 1 fully saturated rings. The first-order chi connectivity index (χ1) is 15.8. The maximum Gasteiger partial charge on any atom is 0.242 e. The predicted octanol–water partition coefficient (Wildman–Crippen LogP) is 3.48. The zero-order valence-electron chi connectivity index (χ0n) is 19.4. The predicted molar refractivity (Wildman–Crippen MR) is 131 cm³/mol. The number of para-hydroxylation sites is 2. The number of benzene rings is 2. The van der Waals surface area contributed by atoms with Gasteiger partial charge in [-0.1, -0.05) is 12.1 Å². The second-order valence-electron chi connectivity index (χ2n) is 8.47. The fourth-order valence-electron chi connectivity index (χ4n) is 4.33. The Labute approximate surface area is 195 Å². The van der Waals surface area contributed by atoms with Crippen LogP contribution in [0.5, 0.6) is 0 Å². The van der Waals surface area contributed by atoms with Gasteiger partial charge in [-0.2, -0.15) is 0 Å². The summed E-state index contributed by atoms with van der Waals surface area (Å²) >= 11 is 0. The number of hydrogen-bond acceptors (Lipinski definition) is 5. The highest BCUT2D eigenvalue weighted by molar-refractivity contribution is 7.89. The van der Waals surface area contributed by atoms with Crippen LogP contribution in [0.3, 0.4) is 0 Å². The van der Waals surface area contributed by atoms with Gasteiger partial charge in [-0.3, -0.25) is 4.79 Å². The van der Waals surface area contributed by atoms with Gasteiger partial charge in [0.05, 0.1) is 27.3 Å².